The van der Waals surface area contributed by atoms with E-state index in [1.165, 1.54) is 0 Å². The number of carbonyl (C=O) groups is 1. The van der Waals surface area contributed by atoms with Gasteiger partial charge in [0, 0.05) is 24.8 Å². The van der Waals surface area contributed by atoms with Crippen LogP contribution in [-0.4, -0.2) is 51.1 Å². The summed E-state index contributed by atoms with van der Waals surface area (Å²) in [4.78, 5) is 14.1. The summed E-state index contributed by atoms with van der Waals surface area (Å²) in [5.74, 6) is 0.947. The fraction of sp³-hybridized carbons (Fsp3) is 0.533. The van der Waals surface area contributed by atoms with Crippen LogP contribution < -0.4 is 15.4 Å². The van der Waals surface area contributed by atoms with Gasteiger partial charge in [-0.05, 0) is 39.2 Å². The normalized spacial score (nSPS) is 18.2. The molecule has 1 heterocycles. The largest absolute Gasteiger partial charge is 0.492 e. The van der Waals surface area contributed by atoms with Crippen molar-refractivity contribution in [2.75, 3.05) is 45.7 Å². The Bertz CT molecular complexity index is 442. The van der Waals surface area contributed by atoms with E-state index in [4.69, 9.17) is 4.74 Å². The van der Waals surface area contributed by atoms with Gasteiger partial charge in [-0.3, -0.25) is 4.79 Å². The number of nitrogens with zero attached hydrogens (tertiary/aromatic N) is 1. The molecule has 1 unspecified atom stereocenters. The molecule has 2 N–H and O–H groups in total. The van der Waals surface area contributed by atoms with Crippen LogP contribution in [-0.2, 0) is 4.79 Å². The molecule has 1 fully saturated rings. The highest BCUT2D eigenvalue weighted by molar-refractivity contribution is 5.93. The van der Waals surface area contributed by atoms with Crippen LogP contribution in [0.15, 0.2) is 24.3 Å². The number of amides is 1. The maximum Gasteiger partial charge on any atom is 0.228 e. The third-order valence-corrected chi connectivity index (χ3v) is 3.34. The highest BCUT2D eigenvalue weighted by atomic mass is 16.5. The Balaban J connectivity index is 1.86. The lowest BCUT2D eigenvalue weighted by Gasteiger charge is -2.13. The van der Waals surface area contributed by atoms with E-state index in [0.717, 1.165) is 37.5 Å². The van der Waals surface area contributed by atoms with Crippen LogP contribution in [0.4, 0.5) is 5.69 Å². The number of anilines is 1. The highest BCUT2D eigenvalue weighted by Gasteiger charge is 2.22. The van der Waals surface area contributed by atoms with E-state index in [0.29, 0.717) is 6.61 Å². The molecule has 1 amide bonds. The lowest BCUT2D eigenvalue weighted by atomic mass is 10.1. The molecule has 5 heteroatoms. The Hall–Kier alpha value is -1.59. The van der Waals surface area contributed by atoms with Crippen LogP contribution in [0.5, 0.6) is 5.75 Å². The van der Waals surface area contributed by atoms with Gasteiger partial charge in [0.1, 0.15) is 12.4 Å². The molecule has 1 saturated heterocycles. The Morgan fingerprint density at radius 1 is 1.50 bits per heavy atom. The Morgan fingerprint density at radius 2 is 2.35 bits per heavy atom. The molecule has 0 aliphatic carbocycles. The van der Waals surface area contributed by atoms with Crippen molar-refractivity contribution in [3.63, 3.8) is 0 Å². The summed E-state index contributed by atoms with van der Waals surface area (Å²) in [5, 5.41) is 6.15. The summed E-state index contributed by atoms with van der Waals surface area (Å²) in [7, 11) is 4.02. The molecule has 110 valence electrons. The van der Waals surface area contributed by atoms with Crippen molar-refractivity contribution >= 4 is 11.6 Å². The number of ether oxygens (including phenoxy) is 1. The minimum Gasteiger partial charge on any atom is -0.492 e. The molecule has 1 aliphatic rings. The number of nitrogens with one attached hydrogen (secondary N) is 2. The quantitative estimate of drug-likeness (QED) is 0.820. The van der Waals surface area contributed by atoms with Crippen molar-refractivity contribution in [1.29, 1.82) is 0 Å². The van der Waals surface area contributed by atoms with Crippen molar-refractivity contribution in [3.8, 4) is 5.75 Å². The van der Waals surface area contributed by atoms with Crippen LogP contribution >= 0.6 is 0 Å². The van der Waals surface area contributed by atoms with Gasteiger partial charge >= 0.3 is 0 Å². The maximum atomic E-state index is 12.0. The minimum atomic E-state index is 0.0771. The smallest absolute Gasteiger partial charge is 0.228 e. The van der Waals surface area contributed by atoms with Gasteiger partial charge in [0.15, 0.2) is 0 Å². The van der Waals surface area contributed by atoms with Gasteiger partial charge in [0.2, 0.25) is 5.91 Å². The van der Waals surface area contributed by atoms with E-state index in [9.17, 15) is 4.79 Å². The lowest BCUT2D eigenvalue weighted by molar-refractivity contribution is -0.119. The molecule has 0 aromatic heterocycles. The summed E-state index contributed by atoms with van der Waals surface area (Å²) >= 11 is 0. The first kappa shape index (κ1) is 14.8. The average Bonchev–Trinajstić information content (AvgIpc) is 2.92. The molecule has 20 heavy (non-hydrogen) atoms. The molecule has 0 bridgehead atoms. The topological polar surface area (TPSA) is 53.6 Å². The zero-order valence-corrected chi connectivity index (χ0v) is 12.2. The molecule has 0 spiro atoms. The minimum absolute atomic E-state index is 0.0771. The molecule has 0 radical (unpaired) electrons. The first-order valence-corrected chi connectivity index (χ1v) is 7.04. The maximum absolute atomic E-state index is 12.0. The van der Waals surface area contributed by atoms with E-state index in [1.54, 1.807) is 0 Å². The summed E-state index contributed by atoms with van der Waals surface area (Å²) in [6, 6.07) is 7.56. The van der Waals surface area contributed by atoms with Gasteiger partial charge in [0.25, 0.3) is 0 Å². The van der Waals surface area contributed by atoms with Crippen molar-refractivity contribution in [2.24, 2.45) is 5.92 Å². The third kappa shape index (κ3) is 4.51. The van der Waals surface area contributed by atoms with Gasteiger partial charge in [-0.25, -0.2) is 0 Å². The van der Waals surface area contributed by atoms with E-state index in [1.807, 2.05) is 38.4 Å². The molecule has 1 atom stereocenters. The number of hydrogen-bond donors (Lipinski definition) is 2. The fourth-order valence-corrected chi connectivity index (χ4v) is 2.13. The summed E-state index contributed by atoms with van der Waals surface area (Å²) in [6.07, 6.45) is 0.908. The second kappa shape index (κ2) is 7.26. The number of carbonyl (C=O) groups excluding carboxylic acids is 1. The Labute approximate surface area is 120 Å². The summed E-state index contributed by atoms with van der Waals surface area (Å²) in [6.45, 7) is 3.19. The Morgan fingerprint density at radius 3 is 3.05 bits per heavy atom. The van der Waals surface area contributed by atoms with E-state index >= 15 is 0 Å². The number of rotatable bonds is 6. The van der Waals surface area contributed by atoms with E-state index in [2.05, 4.69) is 15.5 Å². The van der Waals surface area contributed by atoms with Crippen molar-refractivity contribution in [2.45, 2.75) is 6.42 Å². The summed E-state index contributed by atoms with van der Waals surface area (Å²) < 4.78 is 5.66. The average molecular weight is 277 g/mol. The predicted molar refractivity (Wildman–Crippen MR) is 80.1 cm³/mol. The van der Waals surface area contributed by atoms with Gasteiger partial charge < -0.3 is 20.3 Å². The van der Waals surface area contributed by atoms with Crippen LogP contribution in [0.2, 0.25) is 0 Å². The Kier molecular flexibility index (Phi) is 5.38. The highest BCUT2D eigenvalue weighted by Crippen LogP contribution is 2.19. The van der Waals surface area contributed by atoms with E-state index < -0.39 is 0 Å². The number of hydrogen-bond acceptors (Lipinski definition) is 4. The SMILES string of the molecule is CN(C)CCOc1cccc(NC(=O)C2CCNC2)c1. The third-order valence-electron chi connectivity index (χ3n) is 3.34. The van der Waals surface area contributed by atoms with Crippen LogP contribution in [0.3, 0.4) is 0 Å². The molecule has 1 aromatic carbocycles. The first-order chi connectivity index (χ1) is 9.65. The van der Waals surface area contributed by atoms with Crippen LogP contribution in [0.1, 0.15) is 6.42 Å². The number of likely N-dealkylation sites (N-methyl/N-ethyl adjacent to an activating group) is 1. The molecule has 1 aromatic rings. The van der Waals surface area contributed by atoms with Crippen LogP contribution in [0, 0.1) is 5.92 Å². The molecular formula is C15H23N3O2. The van der Waals surface area contributed by atoms with Gasteiger partial charge in [-0.15, -0.1) is 0 Å². The molecular weight excluding hydrogens is 254 g/mol. The fourth-order valence-electron chi connectivity index (χ4n) is 2.13. The van der Waals surface area contributed by atoms with Gasteiger partial charge in [-0.2, -0.15) is 0 Å². The molecule has 0 saturated carbocycles. The second-order valence-electron chi connectivity index (χ2n) is 5.36. The first-order valence-electron chi connectivity index (χ1n) is 7.04. The van der Waals surface area contributed by atoms with E-state index in [-0.39, 0.29) is 11.8 Å². The molecule has 1 aliphatic heterocycles. The van der Waals surface area contributed by atoms with Gasteiger partial charge in [0.05, 0.1) is 5.92 Å². The monoisotopic (exact) mass is 277 g/mol. The number of benzene rings is 1. The second-order valence-corrected chi connectivity index (χ2v) is 5.36. The summed E-state index contributed by atoms with van der Waals surface area (Å²) in [5.41, 5.74) is 0.796. The van der Waals surface area contributed by atoms with Crippen LogP contribution in [0.25, 0.3) is 0 Å². The molecule has 5 nitrogen and oxygen atoms in total. The predicted octanol–water partition coefficient (Wildman–Crippen LogP) is 1.17. The zero-order chi connectivity index (χ0) is 14.4. The van der Waals surface area contributed by atoms with Crippen molar-refractivity contribution in [3.05, 3.63) is 24.3 Å². The van der Waals surface area contributed by atoms with Gasteiger partial charge in [-0.1, -0.05) is 6.07 Å². The van der Waals surface area contributed by atoms with Crippen molar-refractivity contribution < 1.29 is 9.53 Å². The molecule has 2 rings (SSSR count). The standard InChI is InChI=1S/C15H23N3O2/c1-18(2)8-9-20-14-5-3-4-13(10-14)17-15(19)12-6-7-16-11-12/h3-5,10,12,16H,6-9,11H2,1-2H3,(H,17,19). The lowest BCUT2D eigenvalue weighted by Crippen LogP contribution is -2.24. The zero-order valence-electron chi connectivity index (χ0n) is 12.2. The van der Waals surface area contributed by atoms with Crippen molar-refractivity contribution in [1.82, 2.24) is 10.2 Å².